The van der Waals surface area contributed by atoms with Gasteiger partial charge in [-0.2, -0.15) is 5.10 Å². The molecule has 10 heteroatoms. The van der Waals surface area contributed by atoms with E-state index < -0.39 is 10.8 Å². The molecule has 3 aromatic carbocycles. The molecule has 1 heterocycles. The summed E-state index contributed by atoms with van der Waals surface area (Å²) in [6.45, 7) is 0.469. The number of halogens is 2. The third-order valence-corrected chi connectivity index (χ3v) is 6.16. The average Bonchev–Trinajstić information content (AvgIpc) is 3.23. The number of carbonyl (C=O) groups is 1. The fraction of sp³-hybridized carbons (Fsp3) is 0.0435. The van der Waals surface area contributed by atoms with Crippen LogP contribution in [-0.2, 0) is 6.61 Å². The second-order valence-corrected chi connectivity index (χ2v) is 9.20. The topological polar surface area (TPSA) is 107 Å². The number of hydrogen-bond acceptors (Lipinski definition) is 6. The molecule has 8 nitrogen and oxygen atoms in total. The lowest BCUT2D eigenvalue weighted by atomic mass is 10.2. The van der Waals surface area contributed by atoms with Gasteiger partial charge in [0.05, 0.1) is 18.3 Å². The average molecular weight is 667 g/mol. The Morgan fingerprint density at radius 3 is 2.52 bits per heavy atom. The van der Waals surface area contributed by atoms with Crippen LogP contribution in [0, 0.1) is 17.3 Å². The monoisotopic (exact) mass is 667 g/mol. The van der Waals surface area contributed by atoms with Crippen LogP contribution in [0.2, 0.25) is 0 Å². The Hall–Kier alpha value is -3.00. The molecule has 0 aliphatic carbocycles. The lowest BCUT2D eigenvalue weighted by Crippen LogP contribution is -2.16. The van der Waals surface area contributed by atoms with Crippen molar-refractivity contribution < 1.29 is 18.9 Å². The highest BCUT2D eigenvalue weighted by atomic mass is 127. The van der Waals surface area contributed by atoms with Crippen LogP contribution in [0.4, 0.5) is 5.69 Å². The Labute approximate surface area is 215 Å². The van der Waals surface area contributed by atoms with E-state index in [0.29, 0.717) is 17.6 Å². The summed E-state index contributed by atoms with van der Waals surface area (Å²) in [5.74, 6) is 0.242. The molecule has 0 saturated carbocycles. The molecule has 0 fully saturated rings. The van der Waals surface area contributed by atoms with Crippen molar-refractivity contribution in [3.63, 3.8) is 0 Å². The number of amides is 1. The first-order chi connectivity index (χ1) is 15.9. The molecule has 0 spiro atoms. The summed E-state index contributed by atoms with van der Waals surface area (Å²) in [4.78, 5) is 22.8. The highest BCUT2D eigenvalue weighted by molar-refractivity contribution is 14.1. The van der Waals surface area contributed by atoms with Crippen molar-refractivity contribution in [2.75, 3.05) is 0 Å². The number of nitrogens with zero attached hydrogens (tertiary/aromatic N) is 2. The van der Waals surface area contributed by atoms with E-state index in [1.165, 1.54) is 30.5 Å². The van der Waals surface area contributed by atoms with Crippen LogP contribution >= 0.6 is 45.2 Å². The van der Waals surface area contributed by atoms with Gasteiger partial charge in [-0.15, -0.1) is 0 Å². The van der Waals surface area contributed by atoms with E-state index in [-0.39, 0.29) is 11.4 Å². The minimum absolute atomic E-state index is 0.0106. The van der Waals surface area contributed by atoms with Gasteiger partial charge in [0.2, 0.25) is 0 Å². The number of rotatable bonds is 7. The molecular formula is C23H15I2N3O5. The van der Waals surface area contributed by atoms with Gasteiger partial charge in [-0.1, -0.05) is 30.3 Å². The van der Waals surface area contributed by atoms with E-state index in [1.54, 1.807) is 0 Å². The summed E-state index contributed by atoms with van der Waals surface area (Å²) in [5.41, 5.74) is 4.59. The fourth-order valence-electron chi connectivity index (χ4n) is 3.00. The first kappa shape index (κ1) is 23.2. The van der Waals surface area contributed by atoms with E-state index in [9.17, 15) is 14.9 Å². The Morgan fingerprint density at radius 1 is 1.09 bits per heavy atom. The van der Waals surface area contributed by atoms with Crippen LogP contribution in [0.3, 0.4) is 0 Å². The van der Waals surface area contributed by atoms with E-state index in [0.717, 1.165) is 24.0 Å². The number of benzene rings is 3. The molecule has 33 heavy (non-hydrogen) atoms. The van der Waals surface area contributed by atoms with Gasteiger partial charge in [0.15, 0.2) is 5.76 Å². The Bertz CT molecular complexity index is 1350. The second kappa shape index (κ2) is 10.3. The number of nitrogens with one attached hydrogen (secondary N) is 1. The maximum atomic E-state index is 12.4. The van der Waals surface area contributed by atoms with Crippen molar-refractivity contribution in [1.82, 2.24) is 5.43 Å². The lowest BCUT2D eigenvalue weighted by molar-refractivity contribution is -0.384. The molecule has 0 atom stereocenters. The molecule has 0 aliphatic rings. The smallest absolute Gasteiger partial charge is 0.307 e. The molecule has 0 radical (unpaired) electrons. The zero-order valence-electron chi connectivity index (χ0n) is 16.8. The number of hydrazone groups is 1. The second-order valence-electron chi connectivity index (χ2n) is 6.88. The molecule has 1 amide bonds. The summed E-state index contributed by atoms with van der Waals surface area (Å²) >= 11 is 4.40. The molecule has 0 unspecified atom stereocenters. The maximum absolute atomic E-state index is 12.4. The maximum Gasteiger partial charge on any atom is 0.307 e. The number of ether oxygens (including phenoxy) is 1. The van der Waals surface area contributed by atoms with Crippen LogP contribution in [0.15, 0.2) is 76.2 Å². The number of fused-ring (bicyclic) bond motifs is 1. The number of furan rings is 1. The van der Waals surface area contributed by atoms with Gasteiger partial charge in [-0.25, -0.2) is 5.43 Å². The number of nitro groups is 1. The first-order valence-corrected chi connectivity index (χ1v) is 11.7. The van der Waals surface area contributed by atoms with Crippen molar-refractivity contribution in [2.45, 2.75) is 6.61 Å². The summed E-state index contributed by atoms with van der Waals surface area (Å²) in [7, 11) is 0. The molecule has 0 saturated heterocycles. The van der Waals surface area contributed by atoms with Crippen molar-refractivity contribution >= 4 is 74.0 Å². The molecule has 166 valence electrons. The largest absolute Gasteiger partial charge is 0.487 e. The van der Waals surface area contributed by atoms with Gasteiger partial charge in [0.25, 0.3) is 5.69 Å². The van der Waals surface area contributed by atoms with Gasteiger partial charge in [-0.3, -0.25) is 14.9 Å². The van der Waals surface area contributed by atoms with Gasteiger partial charge < -0.3 is 9.15 Å². The molecule has 1 aromatic heterocycles. The van der Waals surface area contributed by atoms with Crippen LogP contribution < -0.4 is 10.2 Å². The molecular weight excluding hydrogens is 652 g/mol. The molecule has 0 bridgehead atoms. The van der Waals surface area contributed by atoms with Crippen molar-refractivity contribution in [1.29, 1.82) is 0 Å². The van der Waals surface area contributed by atoms with E-state index in [1.807, 2.05) is 42.5 Å². The predicted octanol–water partition coefficient (Wildman–Crippen LogP) is 5.89. The van der Waals surface area contributed by atoms with Crippen molar-refractivity contribution in [3.8, 4) is 5.75 Å². The van der Waals surface area contributed by atoms with E-state index >= 15 is 0 Å². The van der Waals surface area contributed by atoms with Gasteiger partial charge in [0, 0.05) is 17.5 Å². The van der Waals surface area contributed by atoms with Crippen LogP contribution in [0.25, 0.3) is 11.0 Å². The SMILES string of the molecule is O=C(N/N=C/c1cc(I)c(OCc2ccccc2)c(I)c1)c1cc2cc([N+](=O)[O-])ccc2o1. The van der Waals surface area contributed by atoms with Crippen LogP contribution in [-0.4, -0.2) is 17.0 Å². The Balaban J connectivity index is 1.42. The van der Waals surface area contributed by atoms with Gasteiger partial charge in [0.1, 0.15) is 17.9 Å². The summed E-state index contributed by atoms with van der Waals surface area (Å²) < 4.78 is 13.3. The Kier molecular flexibility index (Phi) is 7.23. The molecule has 0 aliphatic heterocycles. The summed E-state index contributed by atoms with van der Waals surface area (Å²) in [6, 6.07) is 19.3. The zero-order valence-corrected chi connectivity index (χ0v) is 21.1. The van der Waals surface area contributed by atoms with Crippen LogP contribution in [0.1, 0.15) is 21.7 Å². The zero-order chi connectivity index (χ0) is 23.4. The minimum atomic E-state index is -0.558. The lowest BCUT2D eigenvalue weighted by Gasteiger charge is -2.11. The van der Waals surface area contributed by atoms with E-state index in [2.05, 4.69) is 55.7 Å². The molecule has 1 N–H and O–H groups in total. The first-order valence-electron chi connectivity index (χ1n) is 9.58. The number of hydrogen-bond donors (Lipinski definition) is 1. The normalized spacial score (nSPS) is 11.1. The highest BCUT2D eigenvalue weighted by Crippen LogP contribution is 2.29. The van der Waals surface area contributed by atoms with Crippen LogP contribution in [0.5, 0.6) is 5.75 Å². The number of non-ortho nitro benzene ring substituents is 1. The van der Waals surface area contributed by atoms with Crippen molar-refractivity contribution in [2.24, 2.45) is 5.10 Å². The van der Waals surface area contributed by atoms with Crippen molar-refractivity contribution in [3.05, 3.63) is 101 Å². The van der Waals surface area contributed by atoms with Gasteiger partial charge in [-0.05, 0) is 80.6 Å². The fourth-order valence-corrected chi connectivity index (χ4v) is 5.13. The quantitative estimate of drug-likeness (QED) is 0.115. The summed E-state index contributed by atoms with van der Waals surface area (Å²) in [5, 5.41) is 15.4. The standard InChI is InChI=1S/C23H15I2N3O5/c24-18-8-15(9-19(25)22(18)32-13-14-4-2-1-3-5-14)12-26-27-23(29)21-11-16-10-17(28(30)31)6-7-20(16)33-21/h1-12H,13H2,(H,27,29)/b26-12+. The number of nitro benzene ring substituents is 1. The third kappa shape index (κ3) is 5.68. The minimum Gasteiger partial charge on any atom is -0.487 e. The molecule has 4 aromatic rings. The predicted molar refractivity (Wildman–Crippen MR) is 141 cm³/mol. The van der Waals surface area contributed by atoms with E-state index in [4.69, 9.17) is 9.15 Å². The molecule has 4 rings (SSSR count). The number of carbonyl (C=O) groups excluding carboxylic acids is 1. The highest BCUT2D eigenvalue weighted by Gasteiger charge is 2.15. The summed E-state index contributed by atoms with van der Waals surface area (Å²) in [6.07, 6.45) is 1.52. The third-order valence-electron chi connectivity index (χ3n) is 4.56. The van der Waals surface area contributed by atoms with Gasteiger partial charge >= 0.3 is 5.91 Å². The Morgan fingerprint density at radius 2 is 1.82 bits per heavy atom.